The Balaban J connectivity index is 2.29. The highest BCUT2D eigenvalue weighted by molar-refractivity contribution is 9.11. The van der Waals surface area contributed by atoms with E-state index < -0.39 is 0 Å². The van der Waals surface area contributed by atoms with E-state index in [4.69, 9.17) is 0 Å². The van der Waals surface area contributed by atoms with Gasteiger partial charge in [-0.2, -0.15) is 0 Å². The minimum absolute atomic E-state index is 0.236. The first-order valence-electron chi connectivity index (χ1n) is 4.25. The van der Waals surface area contributed by atoms with E-state index in [2.05, 4.69) is 34.2 Å². The number of nitrogens with one attached hydrogen (secondary N) is 1. The molecule has 0 amide bonds. The molecule has 1 rings (SSSR count). The predicted molar refractivity (Wildman–Crippen MR) is 59.1 cm³/mol. The summed E-state index contributed by atoms with van der Waals surface area (Å²) in [7, 11) is 0. The number of aryl methyl sites for hydroxylation is 1. The molecular weight excluding hydrogens is 253 g/mol. The molecule has 0 fully saturated rings. The van der Waals surface area contributed by atoms with Crippen LogP contribution >= 0.6 is 27.3 Å². The monoisotopic (exact) mass is 265 g/mol. The van der Waals surface area contributed by atoms with E-state index in [0.29, 0.717) is 6.42 Å². The van der Waals surface area contributed by atoms with Crippen LogP contribution in [0.15, 0.2) is 9.85 Å². The van der Waals surface area contributed by atoms with Gasteiger partial charge < -0.3 is 5.32 Å². The molecule has 1 aromatic rings. The van der Waals surface area contributed by atoms with Gasteiger partial charge in [-0.3, -0.25) is 4.39 Å². The van der Waals surface area contributed by atoms with Crippen LogP contribution < -0.4 is 5.32 Å². The third-order valence-electron chi connectivity index (χ3n) is 1.69. The molecule has 0 aliphatic rings. The molecule has 0 aliphatic carbocycles. The summed E-state index contributed by atoms with van der Waals surface area (Å²) in [5, 5.41) is 3.19. The van der Waals surface area contributed by atoms with Crippen LogP contribution in [-0.2, 0) is 6.54 Å². The largest absolute Gasteiger partial charge is 0.312 e. The van der Waals surface area contributed by atoms with Gasteiger partial charge in [-0.25, -0.2) is 0 Å². The van der Waals surface area contributed by atoms with Crippen molar-refractivity contribution in [2.24, 2.45) is 0 Å². The maximum atomic E-state index is 11.7. The lowest BCUT2D eigenvalue weighted by Crippen LogP contribution is -2.14. The van der Waals surface area contributed by atoms with Gasteiger partial charge in [-0.05, 0) is 47.4 Å². The minimum Gasteiger partial charge on any atom is -0.312 e. The molecule has 0 aliphatic heterocycles. The van der Waals surface area contributed by atoms with Crippen LogP contribution in [0, 0.1) is 6.92 Å². The fourth-order valence-corrected chi connectivity index (χ4v) is 2.61. The van der Waals surface area contributed by atoms with Gasteiger partial charge in [-0.1, -0.05) is 0 Å². The summed E-state index contributed by atoms with van der Waals surface area (Å²) in [6.07, 6.45) is 0.603. The molecule has 13 heavy (non-hydrogen) atoms. The van der Waals surface area contributed by atoms with Gasteiger partial charge in [0, 0.05) is 11.4 Å². The Morgan fingerprint density at radius 2 is 2.38 bits per heavy atom. The van der Waals surface area contributed by atoms with Crippen LogP contribution in [0.4, 0.5) is 4.39 Å². The van der Waals surface area contributed by atoms with Gasteiger partial charge in [0.2, 0.25) is 0 Å². The number of hydrogen-bond donors (Lipinski definition) is 1. The molecule has 0 atom stereocenters. The second kappa shape index (κ2) is 5.73. The molecule has 0 saturated carbocycles. The van der Waals surface area contributed by atoms with Crippen LogP contribution in [0.2, 0.25) is 0 Å². The summed E-state index contributed by atoms with van der Waals surface area (Å²) in [5.74, 6) is 0. The Morgan fingerprint density at radius 3 is 2.92 bits per heavy atom. The molecule has 1 N–H and O–H groups in total. The fourth-order valence-electron chi connectivity index (χ4n) is 1.01. The molecule has 0 saturated heterocycles. The highest BCUT2D eigenvalue weighted by Crippen LogP contribution is 2.26. The van der Waals surface area contributed by atoms with Crippen molar-refractivity contribution in [1.29, 1.82) is 0 Å². The SMILES string of the molecule is Cc1cc(CNCCCF)sc1Br. The zero-order valence-electron chi connectivity index (χ0n) is 7.57. The average Bonchev–Trinajstić information content (AvgIpc) is 2.41. The summed E-state index contributed by atoms with van der Waals surface area (Å²) >= 11 is 5.20. The Bertz CT molecular complexity index is 243. The van der Waals surface area contributed by atoms with Crippen LogP contribution in [-0.4, -0.2) is 13.2 Å². The summed E-state index contributed by atoms with van der Waals surface area (Å²) in [6, 6.07) is 2.15. The maximum Gasteiger partial charge on any atom is 0.0906 e. The van der Waals surface area contributed by atoms with Gasteiger partial charge in [0.25, 0.3) is 0 Å². The van der Waals surface area contributed by atoms with Crippen LogP contribution in [0.25, 0.3) is 0 Å². The topological polar surface area (TPSA) is 12.0 Å². The van der Waals surface area contributed by atoms with Crippen molar-refractivity contribution >= 4 is 27.3 Å². The van der Waals surface area contributed by atoms with Gasteiger partial charge in [-0.15, -0.1) is 11.3 Å². The highest BCUT2D eigenvalue weighted by atomic mass is 79.9. The first kappa shape index (κ1) is 11.1. The van der Waals surface area contributed by atoms with Crippen molar-refractivity contribution in [3.05, 3.63) is 20.3 Å². The third-order valence-corrected chi connectivity index (χ3v) is 3.83. The maximum absolute atomic E-state index is 11.7. The molecule has 4 heteroatoms. The first-order valence-corrected chi connectivity index (χ1v) is 5.86. The lowest BCUT2D eigenvalue weighted by molar-refractivity contribution is 0.459. The van der Waals surface area contributed by atoms with Gasteiger partial charge in [0.15, 0.2) is 0 Å². The van der Waals surface area contributed by atoms with Gasteiger partial charge in [0.05, 0.1) is 10.5 Å². The van der Waals surface area contributed by atoms with Crippen molar-refractivity contribution in [1.82, 2.24) is 5.32 Å². The zero-order valence-corrected chi connectivity index (χ0v) is 9.97. The molecule has 0 radical (unpaired) electrons. The number of alkyl halides is 1. The summed E-state index contributed by atoms with van der Waals surface area (Å²) in [6.45, 7) is 3.44. The van der Waals surface area contributed by atoms with Crippen molar-refractivity contribution in [3.8, 4) is 0 Å². The first-order chi connectivity index (χ1) is 6.24. The second-order valence-electron chi connectivity index (χ2n) is 2.89. The number of rotatable bonds is 5. The number of hydrogen-bond acceptors (Lipinski definition) is 2. The molecular formula is C9H13BrFNS. The van der Waals surface area contributed by atoms with E-state index in [0.717, 1.165) is 13.1 Å². The van der Waals surface area contributed by atoms with Crippen molar-refractivity contribution < 1.29 is 4.39 Å². The quantitative estimate of drug-likeness (QED) is 0.806. The smallest absolute Gasteiger partial charge is 0.0906 e. The van der Waals surface area contributed by atoms with Crippen molar-refractivity contribution in [2.45, 2.75) is 19.9 Å². The Hall–Kier alpha value is 0.0700. The molecule has 0 unspecified atom stereocenters. The number of thiophene rings is 1. The van der Waals surface area contributed by atoms with Crippen molar-refractivity contribution in [3.63, 3.8) is 0 Å². The Morgan fingerprint density at radius 1 is 1.62 bits per heavy atom. The normalized spacial score (nSPS) is 10.7. The standard InChI is InChI=1S/C9H13BrFNS/c1-7-5-8(13-9(7)10)6-12-4-2-3-11/h5,12H,2-4,6H2,1H3. The average molecular weight is 266 g/mol. The summed E-state index contributed by atoms with van der Waals surface area (Å²) < 4.78 is 12.9. The van der Waals surface area contributed by atoms with E-state index >= 15 is 0 Å². The predicted octanol–water partition coefficient (Wildman–Crippen LogP) is 3.27. The van der Waals surface area contributed by atoms with Crippen LogP contribution in [0.5, 0.6) is 0 Å². The molecule has 1 heterocycles. The molecule has 1 nitrogen and oxygen atoms in total. The molecule has 0 bridgehead atoms. The lowest BCUT2D eigenvalue weighted by Gasteiger charge is -1.99. The number of halogens is 2. The van der Waals surface area contributed by atoms with Crippen molar-refractivity contribution in [2.75, 3.05) is 13.2 Å². The van der Waals surface area contributed by atoms with E-state index in [1.54, 1.807) is 11.3 Å². The van der Waals surface area contributed by atoms with E-state index in [-0.39, 0.29) is 6.67 Å². The third kappa shape index (κ3) is 3.75. The highest BCUT2D eigenvalue weighted by Gasteiger charge is 2.01. The summed E-state index contributed by atoms with van der Waals surface area (Å²) in [5.41, 5.74) is 1.27. The van der Waals surface area contributed by atoms with E-state index in [9.17, 15) is 4.39 Å². The Labute approximate surface area is 90.5 Å². The van der Waals surface area contributed by atoms with E-state index in [1.807, 2.05) is 0 Å². The Kier molecular flexibility index (Phi) is 4.91. The van der Waals surface area contributed by atoms with Crippen LogP contribution in [0.1, 0.15) is 16.9 Å². The fraction of sp³-hybridized carbons (Fsp3) is 0.556. The molecule has 0 aromatic carbocycles. The molecule has 0 spiro atoms. The summed E-state index contributed by atoms with van der Waals surface area (Å²) in [4.78, 5) is 1.29. The molecule has 74 valence electrons. The van der Waals surface area contributed by atoms with Crippen LogP contribution in [0.3, 0.4) is 0 Å². The van der Waals surface area contributed by atoms with Gasteiger partial charge >= 0.3 is 0 Å². The lowest BCUT2D eigenvalue weighted by atomic mass is 10.3. The van der Waals surface area contributed by atoms with Gasteiger partial charge in [0.1, 0.15) is 0 Å². The zero-order chi connectivity index (χ0) is 9.68. The second-order valence-corrected chi connectivity index (χ2v) is 5.34. The van der Waals surface area contributed by atoms with E-state index in [1.165, 1.54) is 14.2 Å². The minimum atomic E-state index is -0.236. The molecule has 1 aromatic heterocycles.